The Kier molecular flexibility index (Phi) is 8.22. The van der Waals surface area contributed by atoms with Crippen molar-refractivity contribution in [3.63, 3.8) is 0 Å². The standard InChI is InChI=1S/C25H29N5O3S/c1-25(2,3)20-11-9-18(10-12-20)21(13-14-22(31)32)27-28-23(33)19-7-5-17(6-8-19)15-34-24-29-26-16-30(24)4/h5-12,16H,13-15H2,1-4H3,(H,28,33)(H,31,32)/b27-21-. The Labute approximate surface area is 203 Å². The van der Waals surface area contributed by atoms with Crippen molar-refractivity contribution in [2.75, 3.05) is 0 Å². The first-order valence-corrected chi connectivity index (χ1v) is 11.9. The lowest BCUT2D eigenvalue weighted by Crippen LogP contribution is -2.20. The number of hydrogen-bond donors (Lipinski definition) is 2. The SMILES string of the molecule is Cn1cnnc1SCc1ccc(C(=O)N/N=C(/CCC(=O)O)c2ccc(C(C)(C)C)cc2)cc1. The van der Waals surface area contributed by atoms with Gasteiger partial charge in [-0.05, 0) is 34.2 Å². The first kappa shape index (κ1) is 25.2. The Bertz CT molecular complexity index is 1160. The Morgan fingerprint density at radius 2 is 1.68 bits per heavy atom. The van der Waals surface area contributed by atoms with Crippen LogP contribution in [-0.4, -0.2) is 37.5 Å². The predicted octanol–water partition coefficient (Wildman–Crippen LogP) is 4.40. The molecule has 0 fully saturated rings. The number of carboxylic acid groups (broad SMARTS) is 1. The summed E-state index contributed by atoms with van der Waals surface area (Å²) in [5, 5.41) is 22.1. The molecule has 34 heavy (non-hydrogen) atoms. The van der Waals surface area contributed by atoms with Crippen molar-refractivity contribution < 1.29 is 14.7 Å². The number of hydrazone groups is 1. The molecule has 0 aliphatic rings. The second-order valence-electron chi connectivity index (χ2n) is 8.93. The highest BCUT2D eigenvalue weighted by Gasteiger charge is 2.15. The predicted molar refractivity (Wildman–Crippen MR) is 133 cm³/mol. The van der Waals surface area contributed by atoms with Gasteiger partial charge < -0.3 is 9.67 Å². The number of nitrogens with zero attached hydrogens (tertiary/aromatic N) is 4. The van der Waals surface area contributed by atoms with E-state index >= 15 is 0 Å². The third-order valence-corrected chi connectivity index (χ3v) is 6.31. The lowest BCUT2D eigenvalue weighted by Gasteiger charge is -2.19. The van der Waals surface area contributed by atoms with Crippen LogP contribution in [0.2, 0.25) is 0 Å². The fourth-order valence-electron chi connectivity index (χ4n) is 3.14. The van der Waals surface area contributed by atoms with Crippen LogP contribution in [0.4, 0.5) is 0 Å². The van der Waals surface area contributed by atoms with Crippen LogP contribution in [0.25, 0.3) is 0 Å². The molecule has 1 heterocycles. The lowest BCUT2D eigenvalue weighted by molar-refractivity contribution is -0.136. The molecule has 0 aliphatic carbocycles. The highest BCUT2D eigenvalue weighted by molar-refractivity contribution is 7.98. The van der Waals surface area contributed by atoms with E-state index in [9.17, 15) is 9.59 Å². The monoisotopic (exact) mass is 479 g/mol. The summed E-state index contributed by atoms with van der Waals surface area (Å²) in [7, 11) is 1.89. The second kappa shape index (κ2) is 11.1. The minimum atomic E-state index is -0.917. The van der Waals surface area contributed by atoms with Crippen LogP contribution in [0.3, 0.4) is 0 Å². The van der Waals surface area contributed by atoms with Gasteiger partial charge in [-0.25, -0.2) is 5.43 Å². The zero-order valence-corrected chi connectivity index (χ0v) is 20.6. The van der Waals surface area contributed by atoms with Crippen molar-refractivity contribution in [2.24, 2.45) is 12.1 Å². The van der Waals surface area contributed by atoms with Crippen molar-refractivity contribution in [3.05, 3.63) is 77.1 Å². The molecular weight excluding hydrogens is 450 g/mol. The first-order chi connectivity index (χ1) is 16.1. The zero-order chi connectivity index (χ0) is 24.7. The van der Waals surface area contributed by atoms with Crippen molar-refractivity contribution >= 4 is 29.4 Å². The van der Waals surface area contributed by atoms with Crippen LogP contribution >= 0.6 is 11.8 Å². The summed E-state index contributed by atoms with van der Waals surface area (Å²) in [4.78, 5) is 23.7. The van der Waals surface area contributed by atoms with Crippen LogP contribution < -0.4 is 5.43 Å². The van der Waals surface area contributed by atoms with E-state index in [4.69, 9.17) is 5.11 Å². The van der Waals surface area contributed by atoms with E-state index in [1.165, 1.54) is 0 Å². The molecule has 178 valence electrons. The third kappa shape index (κ3) is 7.02. The summed E-state index contributed by atoms with van der Waals surface area (Å²) in [6.45, 7) is 6.38. The van der Waals surface area contributed by atoms with Gasteiger partial charge in [-0.2, -0.15) is 5.10 Å². The van der Waals surface area contributed by atoms with Crippen LogP contribution in [0.1, 0.15) is 60.7 Å². The number of carboxylic acids is 1. The number of aryl methyl sites for hydroxylation is 1. The molecule has 8 nitrogen and oxygen atoms in total. The Morgan fingerprint density at radius 1 is 1.03 bits per heavy atom. The number of amides is 1. The number of hydrogen-bond acceptors (Lipinski definition) is 6. The van der Waals surface area contributed by atoms with Gasteiger partial charge in [0.2, 0.25) is 0 Å². The lowest BCUT2D eigenvalue weighted by atomic mass is 9.86. The van der Waals surface area contributed by atoms with Crippen LogP contribution in [0, 0.1) is 0 Å². The van der Waals surface area contributed by atoms with E-state index in [1.54, 1.807) is 30.2 Å². The zero-order valence-electron chi connectivity index (χ0n) is 19.8. The maximum Gasteiger partial charge on any atom is 0.303 e. The number of carbonyl (C=O) groups excluding carboxylic acids is 1. The van der Waals surface area contributed by atoms with E-state index in [-0.39, 0.29) is 24.2 Å². The fraction of sp³-hybridized carbons (Fsp3) is 0.320. The van der Waals surface area contributed by atoms with E-state index < -0.39 is 5.97 Å². The Hall–Kier alpha value is -3.46. The van der Waals surface area contributed by atoms with Gasteiger partial charge >= 0.3 is 5.97 Å². The van der Waals surface area contributed by atoms with Crippen LogP contribution in [0.15, 0.2) is 65.1 Å². The first-order valence-electron chi connectivity index (χ1n) is 10.9. The maximum atomic E-state index is 12.6. The summed E-state index contributed by atoms with van der Waals surface area (Å²) in [5.41, 5.74) is 6.57. The summed E-state index contributed by atoms with van der Waals surface area (Å²) in [6, 6.07) is 15.1. The van der Waals surface area contributed by atoms with E-state index in [1.807, 2.05) is 48.0 Å². The van der Waals surface area contributed by atoms with Crippen molar-refractivity contribution in [1.29, 1.82) is 0 Å². The largest absolute Gasteiger partial charge is 0.481 e. The minimum Gasteiger partial charge on any atom is -0.481 e. The summed E-state index contributed by atoms with van der Waals surface area (Å²) < 4.78 is 1.85. The highest BCUT2D eigenvalue weighted by atomic mass is 32.2. The van der Waals surface area contributed by atoms with Crippen molar-refractivity contribution in [2.45, 2.75) is 49.9 Å². The second-order valence-corrected chi connectivity index (χ2v) is 9.87. The Balaban J connectivity index is 1.68. The maximum absolute atomic E-state index is 12.6. The molecule has 3 rings (SSSR count). The van der Waals surface area contributed by atoms with Crippen molar-refractivity contribution in [1.82, 2.24) is 20.2 Å². The van der Waals surface area contributed by atoms with Gasteiger partial charge in [-0.1, -0.05) is 68.9 Å². The number of rotatable bonds is 9. The van der Waals surface area contributed by atoms with Gasteiger partial charge in [0.05, 0.1) is 12.1 Å². The molecule has 3 aromatic rings. The number of aromatic nitrogens is 3. The molecule has 9 heteroatoms. The van der Waals surface area contributed by atoms with E-state index in [0.717, 1.165) is 21.8 Å². The van der Waals surface area contributed by atoms with Gasteiger partial charge in [0.1, 0.15) is 6.33 Å². The fourth-order valence-corrected chi connectivity index (χ4v) is 3.98. The molecule has 0 unspecified atom stereocenters. The molecule has 0 bridgehead atoms. The van der Waals surface area contributed by atoms with Gasteiger partial charge in [0.25, 0.3) is 5.91 Å². The van der Waals surface area contributed by atoms with Gasteiger partial charge in [0.15, 0.2) is 5.16 Å². The molecule has 1 aromatic heterocycles. The molecule has 0 spiro atoms. The van der Waals surface area contributed by atoms with Gasteiger partial charge in [-0.3, -0.25) is 9.59 Å². The quantitative estimate of drug-likeness (QED) is 0.267. The summed E-state index contributed by atoms with van der Waals surface area (Å²) in [6.07, 6.45) is 1.79. The smallest absolute Gasteiger partial charge is 0.303 e. The number of thioether (sulfide) groups is 1. The van der Waals surface area contributed by atoms with Gasteiger partial charge in [0, 0.05) is 24.8 Å². The number of nitrogens with one attached hydrogen (secondary N) is 1. The molecule has 0 atom stereocenters. The molecule has 0 saturated carbocycles. The molecule has 2 aromatic carbocycles. The highest BCUT2D eigenvalue weighted by Crippen LogP contribution is 2.23. The average molecular weight is 480 g/mol. The molecular formula is C25H29N5O3S. The molecule has 0 radical (unpaired) electrons. The molecule has 0 aliphatic heterocycles. The van der Waals surface area contributed by atoms with Crippen LogP contribution in [0.5, 0.6) is 0 Å². The average Bonchev–Trinajstić information content (AvgIpc) is 3.22. The molecule has 1 amide bonds. The normalized spacial score (nSPS) is 11.9. The third-order valence-electron chi connectivity index (χ3n) is 5.21. The van der Waals surface area contributed by atoms with E-state index in [2.05, 4.69) is 41.5 Å². The number of carbonyl (C=O) groups is 2. The number of aliphatic carboxylic acids is 1. The van der Waals surface area contributed by atoms with E-state index in [0.29, 0.717) is 17.0 Å². The topological polar surface area (TPSA) is 109 Å². The van der Waals surface area contributed by atoms with Gasteiger partial charge in [-0.15, -0.1) is 10.2 Å². The minimum absolute atomic E-state index is 0.00401. The Morgan fingerprint density at radius 3 is 2.24 bits per heavy atom. The molecule has 0 saturated heterocycles. The number of benzene rings is 2. The summed E-state index contributed by atoms with van der Waals surface area (Å²) >= 11 is 1.56. The summed E-state index contributed by atoms with van der Waals surface area (Å²) in [5.74, 6) is -0.567. The molecule has 2 N–H and O–H groups in total. The van der Waals surface area contributed by atoms with Crippen LogP contribution in [-0.2, 0) is 23.0 Å². The van der Waals surface area contributed by atoms with Crippen molar-refractivity contribution in [3.8, 4) is 0 Å².